The Labute approximate surface area is 120 Å². The van der Waals surface area contributed by atoms with Gasteiger partial charge in [0.1, 0.15) is 17.6 Å². The van der Waals surface area contributed by atoms with Crippen LogP contribution in [0.25, 0.3) is 0 Å². The molecule has 1 saturated heterocycles. The van der Waals surface area contributed by atoms with E-state index in [1.165, 1.54) is 11.9 Å². The molecule has 1 aliphatic rings. The summed E-state index contributed by atoms with van der Waals surface area (Å²) in [5, 5.41) is 10.9. The zero-order chi connectivity index (χ0) is 15.8. The van der Waals surface area contributed by atoms with Crippen molar-refractivity contribution in [3.8, 4) is 0 Å². The first kappa shape index (κ1) is 15.2. The first-order valence-corrected chi connectivity index (χ1v) is 7.91. The molecule has 1 aliphatic heterocycles. The van der Waals surface area contributed by atoms with Gasteiger partial charge in [-0.1, -0.05) is 0 Å². The van der Waals surface area contributed by atoms with Gasteiger partial charge in [0.05, 0.1) is 16.4 Å². The number of nitrogens with two attached hydrogens (primary N) is 1. The largest absolute Gasteiger partial charge is 0.384 e. The molecule has 0 spiro atoms. The third-order valence-corrected chi connectivity index (χ3v) is 5.16. The molecule has 0 aromatic carbocycles. The highest BCUT2D eigenvalue weighted by molar-refractivity contribution is 7.91. The second kappa shape index (κ2) is 5.28. The Morgan fingerprint density at radius 3 is 2.76 bits per heavy atom. The van der Waals surface area contributed by atoms with E-state index >= 15 is 0 Å². The molecule has 9 nitrogen and oxygen atoms in total. The molecule has 2 heterocycles. The molecule has 1 atom stereocenters. The van der Waals surface area contributed by atoms with Gasteiger partial charge >= 0.3 is 0 Å². The van der Waals surface area contributed by atoms with Crippen LogP contribution in [0.3, 0.4) is 0 Å². The summed E-state index contributed by atoms with van der Waals surface area (Å²) in [6.45, 7) is 0. The van der Waals surface area contributed by atoms with Gasteiger partial charge in [-0.05, 0) is 12.5 Å². The number of rotatable bonds is 3. The number of hydrogen-bond donors (Lipinski definition) is 1. The van der Waals surface area contributed by atoms with Crippen LogP contribution in [0.4, 0.5) is 11.5 Å². The summed E-state index contributed by atoms with van der Waals surface area (Å²) < 4.78 is 22.9. The highest BCUT2D eigenvalue weighted by Gasteiger charge is 2.35. The highest BCUT2D eigenvalue weighted by atomic mass is 32.2. The molecular weight excluding hydrogens is 300 g/mol. The molecule has 0 radical (unpaired) electrons. The average Bonchev–Trinajstić information content (AvgIpc) is 2.77. The number of pyridine rings is 1. The Morgan fingerprint density at radius 2 is 2.24 bits per heavy atom. The number of carbonyl (C=O) groups excluding carboxylic acids is 1. The molecule has 0 saturated carbocycles. The number of amides is 1. The molecule has 114 valence electrons. The molecule has 2 N–H and O–H groups in total. The van der Waals surface area contributed by atoms with Crippen molar-refractivity contribution in [1.82, 2.24) is 9.88 Å². The topological polar surface area (TPSA) is 136 Å². The maximum Gasteiger partial charge on any atom is 0.300 e. The van der Waals surface area contributed by atoms with Crippen LogP contribution in [-0.2, 0) is 9.84 Å². The van der Waals surface area contributed by atoms with Crippen molar-refractivity contribution < 1.29 is 18.1 Å². The van der Waals surface area contributed by atoms with Gasteiger partial charge in [-0.25, -0.2) is 13.4 Å². The number of nitrogens with zero attached hydrogens (tertiary/aromatic N) is 3. The van der Waals surface area contributed by atoms with E-state index in [1.807, 2.05) is 0 Å². The third kappa shape index (κ3) is 3.10. The minimum Gasteiger partial charge on any atom is -0.384 e. The lowest BCUT2D eigenvalue weighted by Gasteiger charge is -2.23. The molecule has 0 bridgehead atoms. The smallest absolute Gasteiger partial charge is 0.300 e. The summed E-state index contributed by atoms with van der Waals surface area (Å²) >= 11 is 0. The second-order valence-corrected chi connectivity index (χ2v) is 7.09. The normalized spacial score (nSPS) is 20.1. The first-order chi connectivity index (χ1) is 9.71. The fraction of sp³-hybridized carbons (Fsp3) is 0.455. The molecular formula is C11H14N4O5S. The number of nitrogen functional groups attached to an aromatic ring is 1. The molecule has 1 fully saturated rings. The lowest BCUT2D eigenvalue weighted by Crippen LogP contribution is -2.38. The zero-order valence-electron chi connectivity index (χ0n) is 11.2. The van der Waals surface area contributed by atoms with Crippen molar-refractivity contribution in [3.63, 3.8) is 0 Å². The van der Waals surface area contributed by atoms with E-state index in [9.17, 15) is 23.3 Å². The standard InChI is InChI=1S/C11H14N4O5S/c1-14(7-2-3-21(19,20)6-7)11(16)8-4-10(12)13-5-9(8)15(17)18/h4-5,7H,2-3,6H2,1H3,(H2,12,13). The molecule has 0 aliphatic carbocycles. The van der Waals surface area contributed by atoms with Gasteiger partial charge in [-0.2, -0.15) is 0 Å². The van der Waals surface area contributed by atoms with Crippen molar-refractivity contribution in [1.29, 1.82) is 0 Å². The van der Waals surface area contributed by atoms with Crippen LogP contribution in [0.2, 0.25) is 0 Å². The van der Waals surface area contributed by atoms with Crippen LogP contribution >= 0.6 is 0 Å². The summed E-state index contributed by atoms with van der Waals surface area (Å²) in [5.74, 6) is -0.784. The summed E-state index contributed by atoms with van der Waals surface area (Å²) in [4.78, 5) is 27.4. The predicted molar refractivity (Wildman–Crippen MR) is 74.5 cm³/mol. The molecule has 1 amide bonds. The van der Waals surface area contributed by atoms with Gasteiger partial charge in [-0.3, -0.25) is 14.9 Å². The Balaban J connectivity index is 2.32. The monoisotopic (exact) mass is 314 g/mol. The van der Waals surface area contributed by atoms with Gasteiger partial charge in [0.25, 0.3) is 11.6 Å². The van der Waals surface area contributed by atoms with E-state index in [0.717, 1.165) is 12.3 Å². The molecule has 1 unspecified atom stereocenters. The zero-order valence-corrected chi connectivity index (χ0v) is 12.0. The quantitative estimate of drug-likeness (QED) is 0.604. The van der Waals surface area contributed by atoms with E-state index in [1.54, 1.807) is 0 Å². The average molecular weight is 314 g/mol. The predicted octanol–water partition coefficient (Wildman–Crippen LogP) is -0.169. The maximum atomic E-state index is 12.4. The fourth-order valence-corrected chi connectivity index (χ4v) is 3.99. The van der Waals surface area contributed by atoms with Crippen molar-refractivity contribution in [2.45, 2.75) is 12.5 Å². The van der Waals surface area contributed by atoms with Gasteiger partial charge in [0.2, 0.25) is 0 Å². The highest BCUT2D eigenvalue weighted by Crippen LogP contribution is 2.24. The van der Waals surface area contributed by atoms with Crippen LogP contribution < -0.4 is 5.73 Å². The number of anilines is 1. The Hall–Kier alpha value is -2.23. The Kier molecular flexibility index (Phi) is 3.81. The molecule has 1 aromatic heterocycles. The summed E-state index contributed by atoms with van der Waals surface area (Å²) in [6.07, 6.45) is 1.24. The van der Waals surface area contributed by atoms with Crippen LogP contribution in [0.15, 0.2) is 12.3 Å². The van der Waals surface area contributed by atoms with Crippen molar-refractivity contribution in [3.05, 3.63) is 27.9 Å². The lowest BCUT2D eigenvalue weighted by atomic mass is 10.1. The number of nitro groups is 1. The van der Waals surface area contributed by atoms with E-state index in [4.69, 9.17) is 5.73 Å². The minimum absolute atomic E-state index is 0.00979. The molecule has 2 rings (SSSR count). The van der Waals surface area contributed by atoms with E-state index in [0.29, 0.717) is 6.42 Å². The van der Waals surface area contributed by atoms with Gasteiger partial charge in [0, 0.05) is 13.1 Å². The van der Waals surface area contributed by atoms with Crippen molar-refractivity contribution in [2.24, 2.45) is 0 Å². The van der Waals surface area contributed by atoms with Gasteiger partial charge in [0.15, 0.2) is 9.84 Å². The Bertz CT molecular complexity index is 703. The van der Waals surface area contributed by atoms with Crippen molar-refractivity contribution in [2.75, 3.05) is 24.3 Å². The van der Waals surface area contributed by atoms with Crippen LogP contribution in [0.5, 0.6) is 0 Å². The lowest BCUT2D eigenvalue weighted by molar-refractivity contribution is -0.385. The number of hydrogen-bond acceptors (Lipinski definition) is 7. The summed E-state index contributed by atoms with van der Waals surface area (Å²) in [6, 6.07) is 0.636. The second-order valence-electron chi connectivity index (χ2n) is 4.86. The van der Waals surface area contributed by atoms with Gasteiger partial charge in [-0.15, -0.1) is 0 Å². The molecule has 10 heteroatoms. The van der Waals surface area contributed by atoms with Crippen LogP contribution in [0.1, 0.15) is 16.8 Å². The van der Waals surface area contributed by atoms with Crippen LogP contribution in [-0.4, -0.2) is 53.7 Å². The minimum atomic E-state index is -3.16. The SMILES string of the molecule is CN(C(=O)c1cc(N)ncc1[N+](=O)[O-])C1CCS(=O)(=O)C1. The van der Waals surface area contributed by atoms with E-state index in [2.05, 4.69) is 4.98 Å². The van der Waals surface area contributed by atoms with Crippen LogP contribution in [0, 0.1) is 10.1 Å². The summed E-state index contributed by atoms with van der Waals surface area (Å²) in [7, 11) is -1.73. The van der Waals surface area contributed by atoms with Crippen molar-refractivity contribution >= 4 is 27.2 Å². The number of aromatic nitrogens is 1. The summed E-state index contributed by atoms with van der Waals surface area (Å²) in [5.41, 5.74) is 4.81. The fourth-order valence-electron chi connectivity index (χ4n) is 2.22. The maximum absolute atomic E-state index is 12.4. The van der Waals surface area contributed by atoms with E-state index < -0.39 is 32.4 Å². The molecule has 21 heavy (non-hydrogen) atoms. The molecule has 1 aromatic rings. The van der Waals surface area contributed by atoms with E-state index in [-0.39, 0.29) is 22.9 Å². The Morgan fingerprint density at radius 1 is 1.57 bits per heavy atom. The van der Waals surface area contributed by atoms with Gasteiger partial charge < -0.3 is 10.6 Å². The number of sulfone groups is 1. The third-order valence-electron chi connectivity index (χ3n) is 3.41. The first-order valence-electron chi connectivity index (χ1n) is 6.09. The number of carbonyl (C=O) groups is 1.